The molecule has 0 unspecified atom stereocenters. The van der Waals surface area contributed by atoms with Gasteiger partial charge in [-0.2, -0.15) is 0 Å². The third-order valence-electron chi connectivity index (χ3n) is 6.21. The van der Waals surface area contributed by atoms with E-state index in [2.05, 4.69) is 13.8 Å². The number of ether oxygens (including phenoxy) is 3. The Morgan fingerprint density at radius 3 is 1.82 bits per heavy atom. The number of rotatable bonds is 19. The summed E-state index contributed by atoms with van der Waals surface area (Å²) in [4.78, 5) is 11.8. The van der Waals surface area contributed by atoms with E-state index in [1.807, 2.05) is 0 Å². The number of aliphatic hydroxyl groups is 4. The fraction of sp³-hybridized carbons (Fsp3) is 0.960. The van der Waals surface area contributed by atoms with E-state index < -0.39 is 50.1 Å². The van der Waals surface area contributed by atoms with Gasteiger partial charge in [0, 0.05) is 6.42 Å². The molecule has 1 aliphatic heterocycles. The summed E-state index contributed by atoms with van der Waals surface area (Å²) >= 11 is 0. The van der Waals surface area contributed by atoms with E-state index in [9.17, 15) is 20.1 Å². The number of unbranched alkanes of at least 4 members (excludes halogenated alkanes) is 11. The van der Waals surface area contributed by atoms with Crippen LogP contribution in [0.3, 0.4) is 0 Å². The smallest absolute Gasteiger partial charge is 0.307 e. The summed E-state index contributed by atoms with van der Waals surface area (Å²) in [6.07, 6.45) is 9.60. The lowest BCUT2D eigenvalue weighted by atomic mass is 9.99. The molecular weight excluding hydrogens is 428 g/mol. The first-order chi connectivity index (χ1) is 15.9. The van der Waals surface area contributed by atoms with Gasteiger partial charge in [-0.15, -0.1) is 0 Å². The molecule has 0 aromatic heterocycles. The van der Waals surface area contributed by atoms with Crippen molar-refractivity contribution >= 4 is 5.97 Å². The second kappa shape index (κ2) is 18.5. The Labute approximate surface area is 199 Å². The summed E-state index contributed by atoms with van der Waals surface area (Å²) in [6.45, 7) is 3.61. The molecule has 1 aliphatic rings. The molecule has 0 aliphatic carbocycles. The van der Waals surface area contributed by atoms with Gasteiger partial charge < -0.3 is 34.6 Å². The van der Waals surface area contributed by atoms with Crippen LogP contribution in [0.5, 0.6) is 0 Å². The summed E-state index contributed by atoms with van der Waals surface area (Å²) in [7, 11) is 0. The molecule has 1 saturated heterocycles. The first kappa shape index (κ1) is 30.3. The summed E-state index contributed by atoms with van der Waals surface area (Å²) in [6, 6.07) is 0. The average molecular weight is 477 g/mol. The van der Waals surface area contributed by atoms with E-state index in [1.165, 1.54) is 64.2 Å². The lowest BCUT2D eigenvalue weighted by Crippen LogP contribution is -2.59. The molecule has 8 heteroatoms. The molecule has 0 saturated carbocycles. The molecule has 33 heavy (non-hydrogen) atoms. The first-order valence-electron chi connectivity index (χ1n) is 12.9. The highest BCUT2D eigenvalue weighted by Gasteiger charge is 2.44. The fourth-order valence-corrected chi connectivity index (χ4v) is 4.03. The predicted octanol–water partition coefficient (Wildman–Crippen LogP) is 3.42. The Bertz CT molecular complexity index is 485. The van der Waals surface area contributed by atoms with Gasteiger partial charge in [-0.05, 0) is 12.3 Å². The van der Waals surface area contributed by atoms with Gasteiger partial charge in [0.25, 0.3) is 0 Å². The summed E-state index contributed by atoms with van der Waals surface area (Å²) < 4.78 is 15.3. The third kappa shape index (κ3) is 13.6. The van der Waals surface area contributed by atoms with Crippen LogP contribution in [0.4, 0.5) is 0 Å². The standard InChI is InChI=1S/C25H48O8/c1-19(2)15-13-11-9-7-5-3-4-6-8-10-12-14-16-21(27)31-18-32-25-24(30)23(29)22(28)20(17-26)33-25/h19-20,22-26,28-30H,3-18H2,1-2H3/t20-,22-,23+,24-,25+/m1/s1. The van der Waals surface area contributed by atoms with Gasteiger partial charge in [0.1, 0.15) is 24.4 Å². The van der Waals surface area contributed by atoms with Crippen molar-refractivity contribution in [1.29, 1.82) is 0 Å². The first-order valence-corrected chi connectivity index (χ1v) is 12.9. The van der Waals surface area contributed by atoms with Gasteiger partial charge in [-0.3, -0.25) is 4.79 Å². The predicted molar refractivity (Wildman–Crippen MR) is 125 cm³/mol. The van der Waals surface area contributed by atoms with Crippen LogP contribution in [0.1, 0.15) is 104 Å². The van der Waals surface area contributed by atoms with E-state index in [0.29, 0.717) is 6.42 Å². The second-order valence-electron chi connectivity index (χ2n) is 9.67. The molecular formula is C25H48O8. The number of carbonyl (C=O) groups is 1. The van der Waals surface area contributed by atoms with Crippen LogP contribution in [0, 0.1) is 5.92 Å². The molecule has 0 spiro atoms. The average Bonchev–Trinajstić information content (AvgIpc) is 2.79. The number of hydrogen-bond acceptors (Lipinski definition) is 8. The van der Waals surface area contributed by atoms with Crippen molar-refractivity contribution in [3.63, 3.8) is 0 Å². The molecule has 0 aromatic carbocycles. The van der Waals surface area contributed by atoms with Gasteiger partial charge in [0.05, 0.1) is 6.61 Å². The van der Waals surface area contributed by atoms with Gasteiger partial charge >= 0.3 is 5.97 Å². The second-order valence-corrected chi connectivity index (χ2v) is 9.67. The van der Waals surface area contributed by atoms with Crippen molar-refractivity contribution in [2.45, 2.75) is 134 Å². The molecule has 196 valence electrons. The molecule has 1 heterocycles. The van der Waals surface area contributed by atoms with Crippen molar-refractivity contribution in [1.82, 2.24) is 0 Å². The number of esters is 1. The maximum Gasteiger partial charge on any atom is 0.307 e. The molecule has 0 radical (unpaired) electrons. The lowest BCUT2D eigenvalue weighted by molar-refractivity contribution is -0.314. The van der Waals surface area contributed by atoms with E-state index in [1.54, 1.807) is 0 Å². The SMILES string of the molecule is CC(C)CCCCCCCCCCCCCCC(=O)OCO[C@H]1O[C@H](CO)[C@@H](O)[C@H](O)[C@H]1O. The zero-order valence-electron chi connectivity index (χ0n) is 20.7. The molecule has 8 nitrogen and oxygen atoms in total. The van der Waals surface area contributed by atoms with Crippen LogP contribution in [-0.4, -0.2) is 70.5 Å². The number of aliphatic hydroxyl groups excluding tert-OH is 4. The van der Waals surface area contributed by atoms with Crippen LogP contribution in [-0.2, 0) is 19.0 Å². The molecule has 1 rings (SSSR count). The molecule has 1 fully saturated rings. The van der Waals surface area contributed by atoms with Gasteiger partial charge in [-0.1, -0.05) is 90.9 Å². The van der Waals surface area contributed by atoms with Gasteiger partial charge in [0.15, 0.2) is 13.1 Å². The van der Waals surface area contributed by atoms with E-state index in [4.69, 9.17) is 19.3 Å². The van der Waals surface area contributed by atoms with Crippen LogP contribution in [0.25, 0.3) is 0 Å². The summed E-state index contributed by atoms with van der Waals surface area (Å²) in [5.74, 6) is 0.433. The third-order valence-corrected chi connectivity index (χ3v) is 6.21. The zero-order valence-corrected chi connectivity index (χ0v) is 20.7. The van der Waals surface area contributed by atoms with Crippen molar-refractivity contribution in [3.05, 3.63) is 0 Å². The Morgan fingerprint density at radius 2 is 1.30 bits per heavy atom. The largest absolute Gasteiger partial charge is 0.438 e. The molecule has 0 amide bonds. The van der Waals surface area contributed by atoms with Crippen molar-refractivity contribution in [3.8, 4) is 0 Å². The summed E-state index contributed by atoms with van der Waals surface area (Å²) in [5, 5.41) is 38.4. The minimum atomic E-state index is -1.52. The van der Waals surface area contributed by atoms with Crippen molar-refractivity contribution in [2.75, 3.05) is 13.4 Å². The highest BCUT2D eigenvalue weighted by molar-refractivity contribution is 5.69. The topological polar surface area (TPSA) is 126 Å². The Kier molecular flexibility index (Phi) is 17.0. The van der Waals surface area contributed by atoms with Crippen LogP contribution >= 0.6 is 0 Å². The van der Waals surface area contributed by atoms with Crippen LogP contribution in [0.2, 0.25) is 0 Å². The summed E-state index contributed by atoms with van der Waals surface area (Å²) in [5.41, 5.74) is 0. The molecule has 0 bridgehead atoms. The fourth-order valence-electron chi connectivity index (χ4n) is 4.03. The molecule has 4 N–H and O–H groups in total. The molecule has 0 aromatic rings. The highest BCUT2D eigenvalue weighted by atomic mass is 16.8. The quantitative estimate of drug-likeness (QED) is 0.127. The minimum Gasteiger partial charge on any atom is -0.438 e. The zero-order chi connectivity index (χ0) is 24.5. The highest BCUT2D eigenvalue weighted by Crippen LogP contribution is 2.22. The van der Waals surface area contributed by atoms with E-state index >= 15 is 0 Å². The number of carbonyl (C=O) groups excluding carboxylic acids is 1. The normalized spacial score (nSPS) is 25.5. The van der Waals surface area contributed by atoms with Crippen molar-refractivity contribution in [2.24, 2.45) is 5.92 Å². The van der Waals surface area contributed by atoms with E-state index in [-0.39, 0.29) is 0 Å². The van der Waals surface area contributed by atoms with Crippen molar-refractivity contribution < 1.29 is 39.4 Å². The maximum atomic E-state index is 11.8. The lowest BCUT2D eigenvalue weighted by Gasteiger charge is -2.39. The van der Waals surface area contributed by atoms with E-state index in [0.717, 1.165) is 25.2 Å². The van der Waals surface area contributed by atoms with Crippen LogP contribution < -0.4 is 0 Å². The Balaban J connectivity index is 1.91. The Morgan fingerprint density at radius 1 is 0.788 bits per heavy atom. The minimum absolute atomic E-state index is 0.300. The number of hydrogen-bond donors (Lipinski definition) is 4. The molecule has 5 atom stereocenters. The van der Waals surface area contributed by atoms with Crippen LogP contribution in [0.15, 0.2) is 0 Å². The van der Waals surface area contributed by atoms with Gasteiger partial charge in [-0.25, -0.2) is 0 Å². The Hall–Kier alpha value is -0.770. The van der Waals surface area contributed by atoms with Gasteiger partial charge in [0.2, 0.25) is 0 Å². The monoisotopic (exact) mass is 476 g/mol. The maximum absolute atomic E-state index is 11.8.